The molecule has 1 aromatic carbocycles. The number of aromatic nitrogens is 2. The van der Waals surface area contributed by atoms with Gasteiger partial charge in [-0.1, -0.05) is 19.1 Å². The third-order valence-corrected chi connectivity index (χ3v) is 5.80. The molecule has 1 aliphatic heterocycles. The first kappa shape index (κ1) is 24.5. The van der Waals surface area contributed by atoms with Crippen LogP contribution in [-0.2, 0) is 6.42 Å². The minimum atomic E-state index is 0. The van der Waals surface area contributed by atoms with E-state index in [0.717, 1.165) is 45.0 Å². The lowest BCUT2D eigenvalue weighted by molar-refractivity contribution is 0.189. The number of aryl methyl sites for hydroxylation is 1. The fourth-order valence-corrected chi connectivity index (χ4v) is 3.95. The van der Waals surface area contributed by atoms with Crippen LogP contribution in [0.4, 0.5) is 5.69 Å². The van der Waals surface area contributed by atoms with Crippen LogP contribution < -0.4 is 10.2 Å². The molecule has 0 amide bonds. The Morgan fingerprint density at radius 1 is 1.27 bits per heavy atom. The molecule has 1 aromatic heterocycles. The minimum Gasteiger partial charge on any atom is -0.378 e. The molecule has 2 heterocycles. The van der Waals surface area contributed by atoms with E-state index in [9.17, 15) is 0 Å². The zero-order valence-electron chi connectivity index (χ0n) is 18.8. The molecule has 6 nitrogen and oxygen atoms in total. The second-order valence-electron chi connectivity index (χ2n) is 8.19. The molecule has 1 N–H and O–H groups in total. The van der Waals surface area contributed by atoms with Crippen molar-refractivity contribution in [3.05, 3.63) is 48.5 Å². The Kier molecular flexibility index (Phi) is 9.94. The van der Waals surface area contributed by atoms with Gasteiger partial charge in [-0.05, 0) is 49.8 Å². The third-order valence-electron chi connectivity index (χ3n) is 5.80. The number of hydrogen-bond donors (Lipinski definition) is 1. The maximum atomic E-state index is 4.94. The molecule has 7 heteroatoms. The van der Waals surface area contributed by atoms with Crippen LogP contribution in [0.1, 0.15) is 38.3 Å². The molecule has 1 fully saturated rings. The number of benzene rings is 1. The van der Waals surface area contributed by atoms with Crippen molar-refractivity contribution in [3.63, 3.8) is 0 Å². The van der Waals surface area contributed by atoms with E-state index in [0.29, 0.717) is 12.0 Å². The Hall–Kier alpha value is -1.77. The maximum absolute atomic E-state index is 4.94. The average molecular weight is 524 g/mol. The van der Waals surface area contributed by atoms with E-state index in [1.165, 1.54) is 17.7 Å². The Balaban J connectivity index is 0.00000320. The average Bonchev–Trinajstić information content (AvgIpc) is 3.26. The van der Waals surface area contributed by atoms with Crippen LogP contribution in [0.3, 0.4) is 0 Å². The van der Waals surface area contributed by atoms with E-state index in [1.54, 1.807) is 0 Å². The molecule has 30 heavy (non-hydrogen) atoms. The fraction of sp³-hybridized carbons (Fsp3) is 0.565. The standard InChI is InChI=1S/C23H36N6.HI/c1-5-25-23(26-13-6-7-20-8-10-21(11-9-20)27(3)4)28-15-12-19(2)22(17-28)29-16-14-24-18-29;/h8-11,14,16,18-19,22H,5-7,12-13,15,17H2,1-4H3,(H,25,26);1H. The van der Waals surface area contributed by atoms with Gasteiger partial charge in [0.15, 0.2) is 5.96 Å². The van der Waals surface area contributed by atoms with Crippen LogP contribution in [0.15, 0.2) is 48.0 Å². The molecule has 1 aliphatic rings. The van der Waals surface area contributed by atoms with E-state index in [-0.39, 0.29) is 24.0 Å². The van der Waals surface area contributed by atoms with E-state index in [4.69, 9.17) is 4.99 Å². The molecule has 0 spiro atoms. The monoisotopic (exact) mass is 524 g/mol. The second kappa shape index (κ2) is 12.2. The van der Waals surface area contributed by atoms with Gasteiger partial charge in [-0.25, -0.2) is 4.98 Å². The first-order valence-electron chi connectivity index (χ1n) is 10.9. The number of anilines is 1. The van der Waals surface area contributed by atoms with Crippen LogP contribution >= 0.6 is 24.0 Å². The van der Waals surface area contributed by atoms with Gasteiger partial charge >= 0.3 is 0 Å². The van der Waals surface area contributed by atoms with Crippen molar-refractivity contribution in [1.29, 1.82) is 0 Å². The van der Waals surface area contributed by atoms with Gasteiger partial charge in [-0.3, -0.25) is 4.99 Å². The van der Waals surface area contributed by atoms with Gasteiger partial charge in [-0.15, -0.1) is 24.0 Å². The van der Waals surface area contributed by atoms with Gasteiger partial charge in [0.25, 0.3) is 0 Å². The van der Waals surface area contributed by atoms with Crippen molar-refractivity contribution in [2.75, 3.05) is 45.2 Å². The van der Waals surface area contributed by atoms with Crippen molar-refractivity contribution in [2.45, 2.75) is 39.2 Å². The van der Waals surface area contributed by atoms with Gasteiger partial charge < -0.3 is 19.7 Å². The Morgan fingerprint density at radius 3 is 2.67 bits per heavy atom. The van der Waals surface area contributed by atoms with Crippen LogP contribution in [0, 0.1) is 5.92 Å². The molecule has 1 saturated heterocycles. The van der Waals surface area contributed by atoms with E-state index >= 15 is 0 Å². The molecule has 0 bridgehead atoms. The number of likely N-dealkylation sites (tertiary alicyclic amines) is 1. The second-order valence-corrected chi connectivity index (χ2v) is 8.19. The maximum Gasteiger partial charge on any atom is 0.193 e. The summed E-state index contributed by atoms with van der Waals surface area (Å²) in [5.41, 5.74) is 2.62. The lowest BCUT2D eigenvalue weighted by Gasteiger charge is -2.39. The number of guanidine groups is 1. The van der Waals surface area contributed by atoms with Crippen molar-refractivity contribution < 1.29 is 0 Å². The van der Waals surface area contributed by atoms with Gasteiger partial charge in [0.05, 0.1) is 12.4 Å². The summed E-state index contributed by atoms with van der Waals surface area (Å²) in [6, 6.07) is 9.28. The third kappa shape index (κ3) is 6.62. The molecule has 2 unspecified atom stereocenters. The van der Waals surface area contributed by atoms with E-state index in [2.05, 4.69) is 83.1 Å². The quantitative estimate of drug-likeness (QED) is 0.257. The van der Waals surface area contributed by atoms with Crippen molar-refractivity contribution in [1.82, 2.24) is 19.8 Å². The first-order chi connectivity index (χ1) is 14.1. The molecular weight excluding hydrogens is 487 g/mol. The number of nitrogens with zero attached hydrogens (tertiary/aromatic N) is 5. The normalized spacial score (nSPS) is 19.3. The number of halogens is 1. The Bertz CT molecular complexity index is 757. The van der Waals surface area contributed by atoms with Crippen molar-refractivity contribution >= 4 is 35.6 Å². The predicted molar refractivity (Wildman–Crippen MR) is 137 cm³/mol. The van der Waals surface area contributed by atoms with Crippen molar-refractivity contribution in [2.24, 2.45) is 10.9 Å². The molecule has 3 rings (SSSR count). The topological polar surface area (TPSA) is 48.7 Å². The van der Waals surface area contributed by atoms with Crippen LogP contribution in [0.25, 0.3) is 0 Å². The molecule has 0 radical (unpaired) electrons. The predicted octanol–water partition coefficient (Wildman–Crippen LogP) is 4.05. The van der Waals surface area contributed by atoms with E-state index < -0.39 is 0 Å². The summed E-state index contributed by atoms with van der Waals surface area (Å²) in [6.07, 6.45) is 9.19. The summed E-state index contributed by atoms with van der Waals surface area (Å²) >= 11 is 0. The van der Waals surface area contributed by atoms with E-state index in [1.807, 2.05) is 12.5 Å². The summed E-state index contributed by atoms with van der Waals surface area (Å²) in [5, 5.41) is 3.50. The Labute approximate surface area is 198 Å². The lowest BCUT2D eigenvalue weighted by atomic mass is 9.93. The number of aliphatic imine (C=N–C) groups is 1. The highest BCUT2D eigenvalue weighted by molar-refractivity contribution is 14.0. The summed E-state index contributed by atoms with van der Waals surface area (Å²) in [4.78, 5) is 13.7. The lowest BCUT2D eigenvalue weighted by Crippen LogP contribution is -2.49. The molecule has 166 valence electrons. The van der Waals surface area contributed by atoms with Crippen LogP contribution in [0.2, 0.25) is 0 Å². The number of rotatable bonds is 7. The summed E-state index contributed by atoms with van der Waals surface area (Å²) in [5.74, 6) is 1.70. The molecular formula is C23H37IN6. The minimum absolute atomic E-state index is 0. The number of hydrogen-bond acceptors (Lipinski definition) is 3. The van der Waals surface area contributed by atoms with Gasteiger partial charge in [0.1, 0.15) is 0 Å². The number of nitrogens with one attached hydrogen (secondary N) is 1. The summed E-state index contributed by atoms with van der Waals surface area (Å²) in [7, 11) is 4.15. The van der Waals surface area contributed by atoms with Gasteiger partial charge in [0.2, 0.25) is 0 Å². The number of imidazole rings is 1. The zero-order valence-corrected chi connectivity index (χ0v) is 21.1. The Morgan fingerprint density at radius 2 is 2.03 bits per heavy atom. The highest BCUT2D eigenvalue weighted by atomic mass is 127. The molecule has 2 aromatic rings. The fourth-order valence-electron chi connectivity index (χ4n) is 3.95. The molecule has 2 atom stereocenters. The summed E-state index contributed by atoms with van der Waals surface area (Å²) in [6.45, 7) is 8.27. The van der Waals surface area contributed by atoms with Crippen LogP contribution in [-0.4, -0.2) is 60.7 Å². The first-order valence-corrected chi connectivity index (χ1v) is 10.9. The zero-order chi connectivity index (χ0) is 20.6. The summed E-state index contributed by atoms with van der Waals surface area (Å²) < 4.78 is 2.25. The highest BCUT2D eigenvalue weighted by Gasteiger charge is 2.28. The highest BCUT2D eigenvalue weighted by Crippen LogP contribution is 2.27. The molecule has 0 saturated carbocycles. The van der Waals surface area contributed by atoms with Crippen molar-refractivity contribution in [3.8, 4) is 0 Å². The van der Waals surface area contributed by atoms with Gasteiger partial charge in [0, 0.05) is 58.4 Å². The molecule has 0 aliphatic carbocycles. The SMILES string of the molecule is CCNC(=NCCCc1ccc(N(C)C)cc1)N1CCC(C)C(n2ccnc2)C1.I. The smallest absolute Gasteiger partial charge is 0.193 e. The van der Waals surface area contributed by atoms with Gasteiger partial charge in [-0.2, -0.15) is 0 Å². The largest absolute Gasteiger partial charge is 0.378 e. The van der Waals surface area contributed by atoms with Crippen LogP contribution in [0.5, 0.6) is 0 Å². The number of piperidine rings is 1.